The third-order valence-corrected chi connectivity index (χ3v) is 7.66. The smallest absolute Gasteiger partial charge is 0.243 e. The first-order valence-corrected chi connectivity index (χ1v) is 12.7. The second-order valence-electron chi connectivity index (χ2n) is 8.48. The average Bonchev–Trinajstić information content (AvgIpc) is 2.82. The Balaban J connectivity index is 1.25. The first-order valence-electron chi connectivity index (χ1n) is 11.2. The van der Waals surface area contributed by atoms with Crippen molar-refractivity contribution in [3.8, 4) is 11.5 Å². The summed E-state index contributed by atoms with van der Waals surface area (Å²) in [4.78, 5) is 14.8. The van der Waals surface area contributed by atoms with Crippen molar-refractivity contribution in [2.75, 3.05) is 38.0 Å². The molecule has 1 saturated heterocycles. The molecule has 0 spiro atoms. The van der Waals surface area contributed by atoms with Crippen molar-refractivity contribution >= 4 is 21.6 Å². The van der Waals surface area contributed by atoms with Crippen LogP contribution in [0.5, 0.6) is 11.5 Å². The molecule has 0 radical (unpaired) electrons. The molecule has 3 aromatic carbocycles. The number of aryl methyl sites for hydroxylation is 2. The van der Waals surface area contributed by atoms with Gasteiger partial charge in [0.25, 0.3) is 0 Å². The topological polar surface area (TPSA) is 79.0 Å². The molecule has 1 fully saturated rings. The fraction of sp³-hybridized carbons (Fsp3) is 0.269. The molecular formula is C26H29N3O4S. The molecular weight excluding hydrogens is 450 g/mol. The van der Waals surface area contributed by atoms with E-state index in [-0.39, 0.29) is 12.5 Å². The summed E-state index contributed by atoms with van der Waals surface area (Å²) in [5.74, 6) is 1.31. The standard InChI is InChI=1S/C26H29N3O4S/c1-20-3-9-23(10-4-20)33-24-11-7-22(8-12-24)27-26(30)19-28-15-17-29(18-16-28)34(31,32)25-13-5-21(2)6-14-25/h3-14H,15-19H2,1-2H3,(H,27,30). The van der Waals surface area contributed by atoms with Crippen LogP contribution in [0.25, 0.3) is 0 Å². The number of rotatable bonds is 7. The summed E-state index contributed by atoms with van der Waals surface area (Å²) in [5, 5.41) is 2.89. The fourth-order valence-electron chi connectivity index (χ4n) is 3.74. The number of amides is 1. The van der Waals surface area contributed by atoms with Crippen LogP contribution in [0.3, 0.4) is 0 Å². The third kappa shape index (κ3) is 6.02. The molecule has 0 unspecified atom stereocenters. The summed E-state index contributed by atoms with van der Waals surface area (Å²) in [6.07, 6.45) is 0. The van der Waals surface area contributed by atoms with E-state index >= 15 is 0 Å². The predicted molar refractivity (Wildman–Crippen MR) is 133 cm³/mol. The summed E-state index contributed by atoms with van der Waals surface area (Å²) in [6.45, 7) is 5.87. The van der Waals surface area contributed by atoms with Crippen LogP contribution in [0.1, 0.15) is 11.1 Å². The molecule has 8 heteroatoms. The molecule has 1 heterocycles. The minimum absolute atomic E-state index is 0.137. The van der Waals surface area contributed by atoms with Gasteiger partial charge in [0.15, 0.2) is 0 Å². The van der Waals surface area contributed by atoms with Gasteiger partial charge < -0.3 is 10.1 Å². The van der Waals surface area contributed by atoms with Gasteiger partial charge in [0.1, 0.15) is 11.5 Å². The summed E-state index contributed by atoms with van der Waals surface area (Å²) in [7, 11) is -3.51. The molecule has 0 saturated carbocycles. The number of nitrogens with one attached hydrogen (secondary N) is 1. The lowest BCUT2D eigenvalue weighted by molar-refractivity contribution is -0.117. The van der Waals surface area contributed by atoms with E-state index in [0.29, 0.717) is 42.5 Å². The molecule has 1 N–H and O–H groups in total. The summed E-state index contributed by atoms with van der Waals surface area (Å²) < 4.78 is 33.0. The Kier molecular flexibility index (Phi) is 7.31. The molecule has 1 aliphatic rings. The van der Waals surface area contributed by atoms with E-state index in [2.05, 4.69) is 5.32 Å². The van der Waals surface area contributed by atoms with Gasteiger partial charge in [0, 0.05) is 31.9 Å². The number of nitrogens with zero attached hydrogens (tertiary/aromatic N) is 2. The van der Waals surface area contributed by atoms with Gasteiger partial charge in [-0.1, -0.05) is 35.4 Å². The summed E-state index contributed by atoms with van der Waals surface area (Å²) in [6, 6.07) is 21.9. The lowest BCUT2D eigenvalue weighted by Gasteiger charge is -2.33. The SMILES string of the molecule is Cc1ccc(Oc2ccc(NC(=O)CN3CCN(S(=O)(=O)c4ccc(C)cc4)CC3)cc2)cc1. The predicted octanol–water partition coefficient (Wildman–Crippen LogP) is 4.04. The van der Waals surface area contributed by atoms with Crippen LogP contribution in [-0.4, -0.2) is 56.3 Å². The van der Waals surface area contributed by atoms with E-state index in [9.17, 15) is 13.2 Å². The molecule has 0 bridgehead atoms. The Morgan fingerprint density at radius 1 is 0.794 bits per heavy atom. The lowest BCUT2D eigenvalue weighted by atomic mass is 10.2. The van der Waals surface area contributed by atoms with Crippen LogP contribution < -0.4 is 10.1 Å². The zero-order chi connectivity index (χ0) is 24.1. The Morgan fingerprint density at radius 3 is 1.85 bits per heavy atom. The highest BCUT2D eigenvalue weighted by Gasteiger charge is 2.29. The van der Waals surface area contributed by atoms with Crippen molar-refractivity contribution in [1.82, 2.24) is 9.21 Å². The van der Waals surface area contributed by atoms with Crippen molar-refractivity contribution in [3.05, 3.63) is 83.9 Å². The molecule has 0 aromatic heterocycles. The summed E-state index contributed by atoms with van der Waals surface area (Å²) >= 11 is 0. The van der Waals surface area contributed by atoms with Crippen molar-refractivity contribution in [2.24, 2.45) is 0 Å². The molecule has 0 aliphatic carbocycles. The number of ether oxygens (including phenoxy) is 1. The molecule has 0 atom stereocenters. The highest BCUT2D eigenvalue weighted by molar-refractivity contribution is 7.89. The molecule has 178 valence electrons. The second kappa shape index (κ2) is 10.4. The Morgan fingerprint density at radius 2 is 1.29 bits per heavy atom. The zero-order valence-electron chi connectivity index (χ0n) is 19.4. The molecule has 3 aromatic rings. The maximum Gasteiger partial charge on any atom is 0.243 e. The van der Waals surface area contributed by atoms with E-state index in [0.717, 1.165) is 11.3 Å². The lowest BCUT2D eigenvalue weighted by Crippen LogP contribution is -2.50. The van der Waals surface area contributed by atoms with Crippen LogP contribution in [0.15, 0.2) is 77.7 Å². The molecule has 1 amide bonds. The van der Waals surface area contributed by atoms with E-state index in [1.165, 1.54) is 9.87 Å². The average molecular weight is 480 g/mol. The van der Waals surface area contributed by atoms with E-state index < -0.39 is 10.0 Å². The molecule has 34 heavy (non-hydrogen) atoms. The second-order valence-corrected chi connectivity index (χ2v) is 10.4. The number of piperazine rings is 1. The van der Waals surface area contributed by atoms with Crippen LogP contribution in [0, 0.1) is 13.8 Å². The van der Waals surface area contributed by atoms with Crippen LogP contribution in [-0.2, 0) is 14.8 Å². The van der Waals surface area contributed by atoms with Gasteiger partial charge in [-0.05, 0) is 62.4 Å². The first-order chi connectivity index (χ1) is 16.3. The van der Waals surface area contributed by atoms with E-state index in [1.54, 1.807) is 36.4 Å². The first kappa shape index (κ1) is 23.9. The number of hydrogen-bond acceptors (Lipinski definition) is 5. The summed E-state index contributed by atoms with van der Waals surface area (Å²) in [5.41, 5.74) is 2.87. The number of anilines is 1. The Hall–Kier alpha value is -3.20. The third-order valence-electron chi connectivity index (χ3n) is 5.75. The van der Waals surface area contributed by atoms with Crippen molar-refractivity contribution < 1.29 is 17.9 Å². The van der Waals surface area contributed by atoms with Gasteiger partial charge in [-0.15, -0.1) is 0 Å². The van der Waals surface area contributed by atoms with Crippen molar-refractivity contribution in [2.45, 2.75) is 18.7 Å². The monoisotopic (exact) mass is 479 g/mol. The molecule has 7 nitrogen and oxygen atoms in total. The zero-order valence-corrected chi connectivity index (χ0v) is 20.2. The maximum atomic E-state index is 12.8. The number of carbonyl (C=O) groups excluding carboxylic acids is 1. The molecule has 1 aliphatic heterocycles. The Labute approximate surface area is 201 Å². The minimum Gasteiger partial charge on any atom is -0.457 e. The van der Waals surface area contributed by atoms with Gasteiger partial charge in [-0.2, -0.15) is 4.31 Å². The number of benzene rings is 3. The van der Waals surface area contributed by atoms with Gasteiger partial charge in [-0.3, -0.25) is 9.69 Å². The number of hydrogen-bond donors (Lipinski definition) is 1. The van der Waals surface area contributed by atoms with Gasteiger partial charge in [-0.25, -0.2) is 8.42 Å². The van der Waals surface area contributed by atoms with Crippen LogP contribution in [0.4, 0.5) is 5.69 Å². The van der Waals surface area contributed by atoms with Crippen molar-refractivity contribution in [3.63, 3.8) is 0 Å². The van der Waals surface area contributed by atoms with Gasteiger partial charge in [0.2, 0.25) is 15.9 Å². The highest BCUT2D eigenvalue weighted by atomic mass is 32.2. The Bertz CT molecular complexity index is 1220. The molecule has 4 rings (SSSR count). The minimum atomic E-state index is -3.51. The van der Waals surface area contributed by atoms with Crippen LogP contribution in [0.2, 0.25) is 0 Å². The number of sulfonamides is 1. The fourth-order valence-corrected chi connectivity index (χ4v) is 5.16. The van der Waals surface area contributed by atoms with Crippen LogP contribution >= 0.6 is 0 Å². The highest BCUT2D eigenvalue weighted by Crippen LogP contribution is 2.23. The normalized spacial score (nSPS) is 15.1. The number of carbonyl (C=O) groups is 1. The maximum absolute atomic E-state index is 12.8. The quantitative estimate of drug-likeness (QED) is 0.553. The largest absolute Gasteiger partial charge is 0.457 e. The van der Waals surface area contributed by atoms with Crippen molar-refractivity contribution in [1.29, 1.82) is 0 Å². The van der Waals surface area contributed by atoms with E-state index in [1.807, 2.05) is 55.1 Å². The van der Waals surface area contributed by atoms with E-state index in [4.69, 9.17) is 4.74 Å². The van der Waals surface area contributed by atoms with Gasteiger partial charge >= 0.3 is 0 Å². The van der Waals surface area contributed by atoms with Gasteiger partial charge in [0.05, 0.1) is 11.4 Å².